The third-order valence-electron chi connectivity index (χ3n) is 3.60. The van der Waals surface area contributed by atoms with Crippen molar-refractivity contribution in [1.82, 2.24) is 9.97 Å². The topological polar surface area (TPSA) is 57.4 Å². The van der Waals surface area contributed by atoms with Crippen LogP contribution in [0.4, 0.5) is 11.7 Å². The maximum Gasteiger partial charge on any atom is 0.247 e. The summed E-state index contributed by atoms with van der Waals surface area (Å²) in [6.07, 6.45) is 1.83. The number of benzene rings is 1. The standard InChI is InChI=1S/C17H19F3N2O3S2/c1-4-26-15-7-11(24-10-23-2)9-21-16(15)17-22-13-8-12(27(3,18,19)20)5-6-14(13)25-17/h5-9,27H,4,10H2,1-3H3. The second-order valence-electron chi connectivity index (χ2n) is 5.85. The van der Waals surface area contributed by atoms with Crippen LogP contribution in [-0.4, -0.2) is 35.9 Å². The number of oxazole rings is 1. The Balaban J connectivity index is 2.04. The Bertz CT molecular complexity index is 964. The van der Waals surface area contributed by atoms with E-state index in [1.807, 2.05) is 6.92 Å². The molecule has 3 rings (SSSR count). The van der Waals surface area contributed by atoms with E-state index in [0.29, 0.717) is 17.7 Å². The summed E-state index contributed by atoms with van der Waals surface area (Å²) < 4.78 is 56.9. The minimum Gasteiger partial charge on any atom is -0.466 e. The zero-order valence-corrected chi connectivity index (χ0v) is 16.6. The first-order chi connectivity index (χ1) is 12.7. The number of nitrogens with zero attached hydrogens (tertiary/aromatic N) is 2. The Morgan fingerprint density at radius 2 is 2.00 bits per heavy atom. The highest BCUT2D eigenvalue weighted by Crippen LogP contribution is 2.77. The number of pyridine rings is 1. The minimum atomic E-state index is -6.36. The van der Waals surface area contributed by atoms with Crippen LogP contribution in [0.5, 0.6) is 5.75 Å². The zero-order valence-electron chi connectivity index (χ0n) is 14.9. The van der Waals surface area contributed by atoms with Gasteiger partial charge in [0.05, 0.1) is 21.4 Å². The van der Waals surface area contributed by atoms with Gasteiger partial charge in [-0.15, -0.1) is 11.8 Å². The molecule has 0 saturated carbocycles. The highest BCUT2D eigenvalue weighted by atomic mass is 32.4. The summed E-state index contributed by atoms with van der Waals surface area (Å²) in [5.41, 5.74) is 0.891. The lowest BCUT2D eigenvalue weighted by molar-refractivity contribution is 0.0507. The van der Waals surface area contributed by atoms with Gasteiger partial charge in [0.15, 0.2) is 12.4 Å². The molecular weight excluding hydrogens is 401 g/mol. The van der Waals surface area contributed by atoms with Crippen LogP contribution < -0.4 is 4.74 Å². The molecule has 1 aromatic carbocycles. The summed E-state index contributed by atoms with van der Waals surface area (Å²) in [4.78, 5) is 8.66. The van der Waals surface area contributed by atoms with Crippen molar-refractivity contribution in [1.29, 1.82) is 0 Å². The molecule has 0 aliphatic carbocycles. The van der Waals surface area contributed by atoms with E-state index in [2.05, 4.69) is 9.97 Å². The lowest BCUT2D eigenvalue weighted by Gasteiger charge is -2.33. The lowest BCUT2D eigenvalue weighted by atomic mass is 10.3. The van der Waals surface area contributed by atoms with Gasteiger partial charge in [-0.2, -0.15) is 11.7 Å². The Hall–Kier alpha value is -1.91. The second-order valence-corrected chi connectivity index (χ2v) is 10.0. The number of hydrogen-bond acceptors (Lipinski definition) is 6. The third-order valence-corrected chi connectivity index (χ3v) is 5.89. The van der Waals surface area contributed by atoms with Crippen LogP contribution in [0.2, 0.25) is 0 Å². The van der Waals surface area contributed by atoms with Crippen molar-refractivity contribution in [3.63, 3.8) is 0 Å². The highest BCUT2D eigenvalue weighted by molar-refractivity contribution is 8.37. The molecule has 0 unspecified atom stereocenters. The van der Waals surface area contributed by atoms with Crippen LogP contribution in [0.25, 0.3) is 22.7 Å². The molecule has 10 heteroatoms. The molecule has 0 N–H and O–H groups in total. The average Bonchev–Trinajstić information content (AvgIpc) is 3.02. The largest absolute Gasteiger partial charge is 0.466 e. The second kappa shape index (κ2) is 7.25. The molecule has 148 valence electrons. The molecule has 0 spiro atoms. The normalized spacial score (nSPS) is 13.5. The van der Waals surface area contributed by atoms with Crippen LogP contribution in [0.15, 0.2) is 44.7 Å². The molecule has 2 aromatic heterocycles. The van der Waals surface area contributed by atoms with E-state index in [1.165, 1.54) is 31.1 Å². The molecule has 0 radical (unpaired) electrons. The summed E-state index contributed by atoms with van der Waals surface area (Å²) >= 11 is 1.50. The van der Waals surface area contributed by atoms with Gasteiger partial charge in [0.2, 0.25) is 5.89 Å². The number of thiol groups is 1. The minimum absolute atomic E-state index is 0.0849. The molecular formula is C17H19F3N2O3S2. The zero-order chi connectivity index (χ0) is 19.7. The van der Waals surface area contributed by atoms with Crippen molar-refractivity contribution in [2.75, 3.05) is 25.9 Å². The van der Waals surface area contributed by atoms with Crippen molar-refractivity contribution in [2.24, 2.45) is 0 Å². The average molecular weight is 420 g/mol. The van der Waals surface area contributed by atoms with Crippen LogP contribution in [0.1, 0.15) is 6.92 Å². The molecule has 3 aromatic rings. The highest BCUT2D eigenvalue weighted by Gasteiger charge is 2.35. The quantitative estimate of drug-likeness (QED) is 0.301. The first kappa shape index (κ1) is 19.8. The van der Waals surface area contributed by atoms with E-state index >= 15 is 0 Å². The Morgan fingerprint density at radius 3 is 2.67 bits per heavy atom. The Labute approximate surface area is 159 Å². The molecule has 0 fully saturated rings. The predicted molar refractivity (Wildman–Crippen MR) is 103 cm³/mol. The van der Waals surface area contributed by atoms with Crippen molar-refractivity contribution in [3.05, 3.63) is 30.5 Å². The van der Waals surface area contributed by atoms with Gasteiger partial charge in [0, 0.05) is 18.3 Å². The first-order valence-electron chi connectivity index (χ1n) is 8.01. The van der Waals surface area contributed by atoms with Gasteiger partial charge in [-0.1, -0.05) is 6.92 Å². The third kappa shape index (κ3) is 4.50. The maximum atomic E-state index is 13.7. The fraction of sp³-hybridized carbons (Fsp3) is 0.294. The van der Waals surface area contributed by atoms with Gasteiger partial charge in [0.25, 0.3) is 0 Å². The number of methoxy groups -OCH3 is 1. The molecule has 0 amide bonds. The lowest BCUT2D eigenvalue weighted by Crippen LogP contribution is -2.00. The van der Waals surface area contributed by atoms with Gasteiger partial charge in [-0.05, 0) is 30.0 Å². The van der Waals surface area contributed by atoms with E-state index in [0.717, 1.165) is 22.8 Å². The summed E-state index contributed by atoms with van der Waals surface area (Å²) in [5, 5.41) is 0. The molecule has 0 bridgehead atoms. The van der Waals surface area contributed by atoms with E-state index in [-0.39, 0.29) is 23.8 Å². The molecule has 0 aliphatic rings. The maximum absolute atomic E-state index is 13.7. The summed E-state index contributed by atoms with van der Waals surface area (Å²) in [5.74, 6) is 1.46. The molecule has 0 saturated heterocycles. The first-order valence-corrected chi connectivity index (χ1v) is 11.4. The van der Waals surface area contributed by atoms with Crippen molar-refractivity contribution < 1.29 is 25.5 Å². The monoisotopic (exact) mass is 420 g/mol. The summed E-state index contributed by atoms with van der Waals surface area (Å²) in [7, 11) is -4.85. The molecule has 27 heavy (non-hydrogen) atoms. The number of hydrogen-bond donors (Lipinski definition) is 1. The smallest absolute Gasteiger partial charge is 0.247 e. The predicted octanol–water partition coefficient (Wildman–Crippen LogP) is 5.70. The molecule has 0 aliphatic heterocycles. The Kier molecular flexibility index (Phi) is 5.33. The van der Waals surface area contributed by atoms with Crippen molar-refractivity contribution in [3.8, 4) is 17.3 Å². The molecule has 5 nitrogen and oxygen atoms in total. The van der Waals surface area contributed by atoms with Crippen molar-refractivity contribution >= 4 is 33.2 Å². The van der Waals surface area contributed by atoms with E-state index in [9.17, 15) is 11.7 Å². The number of thioether (sulfide) groups is 1. The number of fused-ring (bicyclic) bond motifs is 1. The van der Waals surface area contributed by atoms with Gasteiger partial charge in [0.1, 0.15) is 17.0 Å². The van der Waals surface area contributed by atoms with E-state index in [1.54, 1.807) is 6.07 Å². The van der Waals surface area contributed by atoms with Crippen LogP contribution >= 0.6 is 22.1 Å². The van der Waals surface area contributed by atoms with Crippen LogP contribution in [0, 0.1) is 0 Å². The summed E-state index contributed by atoms with van der Waals surface area (Å²) in [6.45, 7) is 2.06. The SMILES string of the molecule is CCSc1cc(OCOC)cnc1-c1nc2cc([SH](C)(F)(F)F)ccc2o1. The number of halogens is 3. The van der Waals surface area contributed by atoms with Gasteiger partial charge in [-0.25, -0.2) is 9.97 Å². The van der Waals surface area contributed by atoms with Gasteiger partial charge in [-0.3, -0.25) is 0 Å². The fourth-order valence-corrected chi connectivity index (χ4v) is 3.95. The summed E-state index contributed by atoms with van der Waals surface area (Å²) in [6, 6.07) is 5.14. The molecule has 2 heterocycles. The number of ether oxygens (including phenoxy) is 2. The number of rotatable bonds is 7. The fourth-order valence-electron chi connectivity index (χ4n) is 2.37. The van der Waals surface area contributed by atoms with Crippen LogP contribution in [-0.2, 0) is 4.74 Å². The van der Waals surface area contributed by atoms with Gasteiger partial charge >= 0.3 is 0 Å². The van der Waals surface area contributed by atoms with E-state index < -0.39 is 15.2 Å². The van der Waals surface area contributed by atoms with E-state index in [4.69, 9.17) is 13.9 Å². The Morgan fingerprint density at radius 1 is 1.22 bits per heavy atom. The number of aromatic nitrogens is 2. The molecule has 0 atom stereocenters. The van der Waals surface area contributed by atoms with Crippen molar-refractivity contribution in [2.45, 2.75) is 16.7 Å². The van der Waals surface area contributed by atoms with Crippen LogP contribution in [0.3, 0.4) is 0 Å². The van der Waals surface area contributed by atoms with Gasteiger partial charge < -0.3 is 13.9 Å².